The molecule has 0 radical (unpaired) electrons. The minimum absolute atomic E-state index is 0.0577. The molecule has 6 heteroatoms. The van der Waals surface area contributed by atoms with Crippen LogP contribution in [0.3, 0.4) is 0 Å². The van der Waals surface area contributed by atoms with Gasteiger partial charge in [0.1, 0.15) is 11.6 Å². The standard InChI is InChI=1S/C21H24N4O2/c1-14(2)22-21(26)15-4-9-19-18(12-15)23-20-13-24(10-11-25(19)20)16-5-7-17(27-3)8-6-16/h4-9,12,14H,10-11,13H2,1-3H3,(H,22,26). The number of ether oxygens (including phenoxy) is 1. The molecule has 1 N–H and O–H groups in total. The van der Waals surface area contributed by atoms with E-state index in [0.29, 0.717) is 5.56 Å². The molecule has 1 aliphatic heterocycles. The Morgan fingerprint density at radius 2 is 1.93 bits per heavy atom. The predicted octanol–water partition coefficient (Wildman–Crippen LogP) is 3.20. The number of aromatic nitrogens is 2. The average molecular weight is 364 g/mol. The van der Waals surface area contributed by atoms with Gasteiger partial charge in [-0.05, 0) is 56.3 Å². The van der Waals surface area contributed by atoms with E-state index in [1.807, 2.05) is 44.2 Å². The Bertz CT molecular complexity index is 976. The van der Waals surface area contributed by atoms with Crippen molar-refractivity contribution in [3.05, 3.63) is 53.9 Å². The lowest BCUT2D eigenvalue weighted by molar-refractivity contribution is 0.0943. The van der Waals surface area contributed by atoms with Gasteiger partial charge in [0.2, 0.25) is 0 Å². The highest BCUT2D eigenvalue weighted by Gasteiger charge is 2.21. The summed E-state index contributed by atoms with van der Waals surface area (Å²) >= 11 is 0. The van der Waals surface area contributed by atoms with E-state index >= 15 is 0 Å². The van der Waals surface area contributed by atoms with Crippen LogP contribution in [0.25, 0.3) is 11.0 Å². The SMILES string of the molecule is COc1ccc(N2CCn3c(nc4cc(C(=O)NC(C)C)ccc43)C2)cc1. The highest BCUT2D eigenvalue weighted by atomic mass is 16.5. The summed E-state index contributed by atoms with van der Waals surface area (Å²) in [5, 5.41) is 2.93. The van der Waals surface area contributed by atoms with Gasteiger partial charge in [-0.25, -0.2) is 4.98 Å². The summed E-state index contributed by atoms with van der Waals surface area (Å²) in [6.45, 7) is 6.45. The molecule has 0 fully saturated rings. The molecule has 140 valence electrons. The van der Waals surface area contributed by atoms with Gasteiger partial charge >= 0.3 is 0 Å². The van der Waals surface area contributed by atoms with Crippen LogP contribution >= 0.6 is 0 Å². The number of hydrogen-bond acceptors (Lipinski definition) is 4. The molecule has 0 atom stereocenters. The number of nitrogens with one attached hydrogen (secondary N) is 1. The van der Waals surface area contributed by atoms with Gasteiger partial charge in [0.25, 0.3) is 5.91 Å². The number of amides is 1. The molecule has 2 heterocycles. The summed E-state index contributed by atoms with van der Waals surface area (Å²) in [5.41, 5.74) is 3.77. The first-order valence-corrected chi connectivity index (χ1v) is 9.24. The van der Waals surface area contributed by atoms with Gasteiger partial charge in [-0.1, -0.05) is 0 Å². The van der Waals surface area contributed by atoms with E-state index in [9.17, 15) is 4.79 Å². The lowest BCUT2D eigenvalue weighted by Gasteiger charge is -2.30. The lowest BCUT2D eigenvalue weighted by Crippen LogP contribution is -2.33. The molecule has 1 aliphatic rings. The minimum atomic E-state index is -0.0577. The van der Waals surface area contributed by atoms with Gasteiger partial charge in [0.15, 0.2) is 0 Å². The van der Waals surface area contributed by atoms with Crippen molar-refractivity contribution >= 4 is 22.6 Å². The Morgan fingerprint density at radius 1 is 1.15 bits per heavy atom. The predicted molar refractivity (Wildman–Crippen MR) is 106 cm³/mol. The molecule has 0 spiro atoms. The first-order valence-electron chi connectivity index (χ1n) is 9.24. The molecule has 0 saturated carbocycles. The number of methoxy groups -OCH3 is 1. The van der Waals surface area contributed by atoms with Gasteiger partial charge in [-0.3, -0.25) is 4.79 Å². The fourth-order valence-electron chi connectivity index (χ4n) is 3.52. The van der Waals surface area contributed by atoms with E-state index in [1.54, 1.807) is 7.11 Å². The molecule has 0 unspecified atom stereocenters. The molecule has 0 saturated heterocycles. The van der Waals surface area contributed by atoms with Gasteiger partial charge in [-0.15, -0.1) is 0 Å². The van der Waals surface area contributed by atoms with Crippen LogP contribution in [0, 0.1) is 0 Å². The second-order valence-electron chi connectivity index (χ2n) is 7.13. The van der Waals surface area contributed by atoms with Crippen LogP contribution < -0.4 is 15.0 Å². The molecule has 4 rings (SSSR count). The fourth-order valence-corrected chi connectivity index (χ4v) is 3.52. The van der Waals surface area contributed by atoms with Crippen molar-refractivity contribution < 1.29 is 9.53 Å². The molecule has 1 amide bonds. The lowest BCUT2D eigenvalue weighted by atomic mass is 10.1. The van der Waals surface area contributed by atoms with Crippen LogP contribution in [0.1, 0.15) is 30.0 Å². The van der Waals surface area contributed by atoms with Crippen molar-refractivity contribution in [1.82, 2.24) is 14.9 Å². The third kappa shape index (κ3) is 3.35. The Morgan fingerprint density at radius 3 is 2.63 bits per heavy atom. The molecule has 1 aromatic heterocycles. The zero-order valence-electron chi connectivity index (χ0n) is 15.9. The third-order valence-electron chi connectivity index (χ3n) is 4.87. The quantitative estimate of drug-likeness (QED) is 0.772. The zero-order valence-corrected chi connectivity index (χ0v) is 15.9. The van der Waals surface area contributed by atoms with Crippen LogP contribution in [0.4, 0.5) is 5.69 Å². The van der Waals surface area contributed by atoms with Crippen LogP contribution in [-0.2, 0) is 13.1 Å². The second kappa shape index (κ2) is 6.95. The number of anilines is 1. The molecule has 3 aromatic rings. The van der Waals surface area contributed by atoms with Crippen molar-refractivity contribution in [3.8, 4) is 5.75 Å². The number of nitrogens with zero attached hydrogens (tertiary/aromatic N) is 3. The van der Waals surface area contributed by atoms with E-state index < -0.39 is 0 Å². The highest BCUT2D eigenvalue weighted by Crippen LogP contribution is 2.26. The molecule has 6 nitrogen and oxygen atoms in total. The fraction of sp³-hybridized carbons (Fsp3) is 0.333. The zero-order chi connectivity index (χ0) is 19.0. The van der Waals surface area contributed by atoms with E-state index in [-0.39, 0.29) is 11.9 Å². The second-order valence-corrected chi connectivity index (χ2v) is 7.13. The van der Waals surface area contributed by atoms with Gasteiger partial charge in [0.05, 0.1) is 24.7 Å². The first-order chi connectivity index (χ1) is 13.0. The maximum Gasteiger partial charge on any atom is 0.251 e. The number of fused-ring (bicyclic) bond motifs is 3. The smallest absolute Gasteiger partial charge is 0.251 e. The summed E-state index contributed by atoms with van der Waals surface area (Å²) in [6.07, 6.45) is 0. The van der Waals surface area contributed by atoms with E-state index in [2.05, 4.69) is 26.9 Å². The Kier molecular flexibility index (Phi) is 4.48. The van der Waals surface area contributed by atoms with Crippen molar-refractivity contribution in [2.24, 2.45) is 0 Å². The van der Waals surface area contributed by atoms with Gasteiger partial charge in [-0.2, -0.15) is 0 Å². The van der Waals surface area contributed by atoms with Crippen molar-refractivity contribution in [1.29, 1.82) is 0 Å². The van der Waals surface area contributed by atoms with E-state index in [0.717, 1.165) is 47.9 Å². The number of carbonyl (C=O) groups excluding carboxylic acids is 1. The van der Waals surface area contributed by atoms with E-state index in [1.165, 1.54) is 0 Å². The van der Waals surface area contributed by atoms with Crippen LogP contribution in [0.2, 0.25) is 0 Å². The number of benzene rings is 2. The van der Waals surface area contributed by atoms with Crippen LogP contribution in [0.15, 0.2) is 42.5 Å². The van der Waals surface area contributed by atoms with Gasteiger partial charge in [0, 0.05) is 30.4 Å². The van der Waals surface area contributed by atoms with Crippen molar-refractivity contribution in [2.45, 2.75) is 33.0 Å². The molecular formula is C21H24N4O2. The molecular weight excluding hydrogens is 340 g/mol. The maximum absolute atomic E-state index is 12.3. The number of imidazole rings is 1. The topological polar surface area (TPSA) is 59.4 Å². The van der Waals surface area contributed by atoms with Gasteiger partial charge < -0.3 is 19.5 Å². The largest absolute Gasteiger partial charge is 0.497 e. The third-order valence-corrected chi connectivity index (χ3v) is 4.87. The van der Waals surface area contributed by atoms with E-state index in [4.69, 9.17) is 9.72 Å². The highest BCUT2D eigenvalue weighted by molar-refractivity contribution is 5.97. The number of carbonyl (C=O) groups is 1. The molecule has 0 aliphatic carbocycles. The molecule has 2 aromatic carbocycles. The maximum atomic E-state index is 12.3. The summed E-state index contributed by atoms with van der Waals surface area (Å²) in [5.74, 6) is 1.82. The summed E-state index contributed by atoms with van der Waals surface area (Å²) in [6, 6.07) is 14.0. The van der Waals surface area contributed by atoms with Crippen LogP contribution in [0.5, 0.6) is 5.75 Å². The minimum Gasteiger partial charge on any atom is -0.497 e. The van der Waals surface area contributed by atoms with Crippen molar-refractivity contribution in [2.75, 3.05) is 18.6 Å². The normalized spacial score (nSPS) is 13.7. The van der Waals surface area contributed by atoms with Crippen molar-refractivity contribution in [3.63, 3.8) is 0 Å². The monoisotopic (exact) mass is 364 g/mol. The number of rotatable bonds is 4. The molecule has 27 heavy (non-hydrogen) atoms. The number of hydrogen-bond donors (Lipinski definition) is 1. The average Bonchev–Trinajstić information content (AvgIpc) is 3.04. The summed E-state index contributed by atoms with van der Waals surface area (Å²) in [4.78, 5) is 19.4. The summed E-state index contributed by atoms with van der Waals surface area (Å²) in [7, 11) is 1.67. The Labute approximate surface area is 158 Å². The first kappa shape index (κ1) is 17.4. The summed E-state index contributed by atoms with van der Waals surface area (Å²) < 4.78 is 7.49. The van der Waals surface area contributed by atoms with Crippen LogP contribution in [-0.4, -0.2) is 35.2 Å². The molecule has 0 bridgehead atoms. The Balaban J connectivity index is 1.60. The Hall–Kier alpha value is -3.02.